The molecule has 1 N–H and O–H groups in total. The SMILES string of the molecule is CCNC(CCc1ccnn1C)CC1(OC)CCC1. The van der Waals surface area contributed by atoms with E-state index in [4.69, 9.17) is 4.74 Å². The Morgan fingerprint density at radius 1 is 1.53 bits per heavy atom. The topological polar surface area (TPSA) is 39.1 Å². The molecule has 19 heavy (non-hydrogen) atoms. The molecule has 0 spiro atoms. The Labute approximate surface area is 116 Å². The zero-order chi connectivity index (χ0) is 13.7. The fourth-order valence-corrected chi connectivity index (χ4v) is 3.05. The van der Waals surface area contributed by atoms with Crippen LogP contribution in [0.3, 0.4) is 0 Å². The fourth-order valence-electron chi connectivity index (χ4n) is 3.05. The van der Waals surface area contributed by atoms with Crippen LogP contribution in [-0.4, -0.2) is 35.1 Å². The predicted molar refractivity (Wildman–Crippen MR) is 77.2 cm³/mol. The fraction of sp³-hybridized carbons (Fsp3) is 0.800. The van der Waals surface area contributed by atoms with Crippen LogP contribution in [0.15, 0.2) is 12.3 Å². The zero-order valence-corrected chi connectivity index (χ0v) is 12.5. The minimum Gasteiger partial charge on any atom is -0.378 e. The minimum absolute atomic E-state index is 0.152. The van der Waals surface area contributed by atoms with Crippen LogP contribution in [0.2, 0.25) is 0 Å². The van der Waals surface area contributed by atoms with Crippen molar-refractivity contribution in [1.82, 2.24) is 15.1 Å². The minimum atomic E-state index is 0.152. The van der Waals surface area contributed by atoms with Gasteiger partial charge in [-0.3, -0.25) is 4.68 Å². The number of hydrogen-bond acceptors (Lipinski definition) is 3. The zero-order valence-electron chi connectivity index (χ0n) is 12.5. The molecule has 1 aliphatic rings. The van der Waals surface area contributed by atoms with Crippen LogP contribution in [0.1, 0.15) is 44.7 Å². The molecule has 0 saturated heterocycles. The summed E-state index contributed by atoms with van der Waals surface area (Å²) in [6.07, 6.45) is 8.99. The second-order valence-corrected chi connectivity index (χ2v) is 5.68. The molecule has 0 aromatic carbocycles. The third kappa shape index (κ3) is 3.57. The Hall–Kier alpha value is -0.870. The highest BCUT2D eigenvalue weighted by Crippen LogP contribution is 2.39. The number of hydrogen-bond donors (Lipinski definition) is 1. The summed E-state index contributed by atoms with van der Waals surface area (Å²) in [5.41, 5.74) is 1.46. The number of rotatable bonds is 8. The van der Waals surface area contributed by atoms with Gasteiger partial charge in [0.25, 0.3) is 0 Å². The van der Waals surface area contributed by atoms with Gasteiger partial charge in [0.1, 0.15) is 0 Å². The first-order valence-corrected chi connectivity index (χ1v) is 7.44. The summed E-state index contributed by atoms with van der Waals surface area (Å²) in [6.45, 7) is 3.20. The second-order valence-electron chi connectivity index (χ2n) is 5.68. The van der Waals surface area contributed by atoms with Crippen molar-refractivity contribution in [2.24, 2.45) is 7.05 Å². The lowest BCUT2D eigenvalue weighted by molar-refractivity contribution is -0.0838. The summed E-state index contributed by atoms with van der Waals surface area (Å²) in [5, 5.41) is 7.84. The van der Waals surface area contributed by atoms with Crippen molar-refractivity contribution in [3.63, 3.8) is 0 Å². The van der Waals surface area contributed by atoms with Gasteiger partial charge in [0, 0.05) is 32.1 Å². The maximum atomic E-state index is 5.75. The Balaban J connectivity index is 1.87. The van der Waals surface area contributed by atoms with Crippen molar-refractivity contribution in [3.8, 4) is 0 Å². The first-order chi connectivity index (χ1) is 9.19. The van der Waals surface area contributed by atoms with Crippen LogP contribution in [-0.2, 0) is 18.2 Å². The van der Waals surface area contributed by atoms with Gasteiger partial charge < -0.3 is 10.1 Å². The van der Waals surface area contributed by atoms with E-state index >= 15 is 0 Å². The number of ether oxygens (including phenoxy) is 1. The highest BCUT2D eigenvalue weighted by Gasteiger charge is 2.38. The summed E-state index contributed by atoms with van der Waals surface area (Å²) in [7, 11) is 3.88. The average molecular weight is 265 g/mol. The van der Waals surface area contributed by atoms with E-state index in [9.17, 15) is 0 Å². The molecular formula is C15H27N3O. The third-order valence-corrected chi connectivity index (χ3v) is 4.48. The van der Waals surface area contributed by atoms with E-state index in [0.717, 1.165) is 25.8 Å². The maximum Gasteiger partial charge on any atom is 0.0693 e. The number of methoxy groups -OCH3 is 1. The molecule has 1 aromatic heterocycles. The van der Waals surface area contributed by atoms with Gasteiger partial charge in [-0.15, -0.1) is 0 Å². The molecule has 1 heterocycles. The Morgan fingerprint density at radius 3 is 2.79 bits per heavy atom. The lowest BCUT2D eigenvalue weighted by Crippen LogP contribution is -2.46. The Kier molecular flexibility index (Phi) is 4.99. The number of aromatic nitrogens is 2. The van der Waals surface area contributed by atoms with Crippen LogP contribution in [0.4, 0.5) is 0 Å². The number of nitrogens with one attached hydrogen (secondary N) is 1. The first-order valence-electron chi connectivity index (χ1n) is 7.44. The van der Waals surface area contributed by atoms with Gasteiger partial charge in [-0.25, -0.2) is 0 Å². The van der Waals surface area contributed by atoms with E-state index in [1.165, 1.54) is 25.0 Å². The molecule has 1 saturated carbocycles. The van der Waals surface area contributed by atoms with Crippen molar-refractivity contribution in [2.75, 3.05) is 13.7 Å². The maximum absolute atomic E-state index is 5.75. The van der Waals surface area contributed by atoms with Gasteiger partial charge in [-0.2, -0.15) is 5.10 Å². The number of nitrogens with zero attached hydrogens (tertiary/aromatic N) is 2. The van der Waals surface area contributed by atoms with Crippen LogP contribution < -0.4 is 5.32 Å². The molecule has 2 rings (SSSR count). The van der Waals surface area contributed by atoms with E-state index in [0.29, 0.717) is 6.04 Å². The van der Waals surface area contributed by atoms with Crippen molar-refractivity contribution in [2.45, 2.75) is 57.1 Å². The third-order valence-electron chi connectivity index (χ3n) is 4.48. The van der Waals surface area contributed by atoms with E-state index in [2.05, 4.69) is 23.4 Å². The summed E-state index contributed by atoms with van der Waals surface area (Å²) in [4.78, 5) is 0. The largest absolute Gasteiger partial charge is 0.378 e. The molecule has 0 amide bonds. The van der Waals surface area contributed by atoms with Gasteiger partial charge in [0.2, 0.25) is 0 Å². The Morgan fingerprint density at radius 2 is 2.32 bits per heavy atom. The normalized spacial score (nSPS) is 19.1. The van der Waals surface area contributed by atoms with Gasteiger partial charge in [0.15, 0.2) is 0 Å². The van der Waals surface area contributed by atoms with Gasteiger partial charge in [-0.1, -0.05) is 6.92 Å². The van der Waals surface area contributed by atoms with Crippen LogP contribution in [0, 0.1) is 0 Å². The highest BCUT2D eigenvalue weighted by molar-refractivity contribution is 5.01. The molecule has 1 aliphatic carbocycles. The summed E-state index contributed by atoms with van der Waals surface area (Å²) in [5.74, 6) is 0. The standard InChI is InChI=1S/C15H27N3O/c1-4-16-13(12-15(19-3)9-5-10-15)6-7-14-8-11-17-18(14)2/h8,11,13,16H,4-7,9-10,12H2,1-3H3. The molecule has 0 bridgehead atoms. The summed E-state index contributed by atoms with van der Waals surface area (Å²) >= 11 is 0. The van der Waals surface area contributed by atoms with Crippen LogP contribution >= 0.6 is 0 Å². The molecule has 1 unspecified atom stereocenters. The van der Waals surface area contributed by atoms with E-state index in [-0.39, 0.29) is 5.60 Å². The number of aryl methyl sites for hydroxylation is 2. The molecule has 4 heteroatoms. The van der Waals surface area contributed by atoms with Crippen LogP contribution in [0.25, 0.3) is 0 Å². The monoisotopic (exact) mass is 265 g/mol. The van der Waals surface area contributed by atoms with Gasteiger partial charge in [-0.05, 0) is 51.1 Å². The molecule has 1 aromatic rings. The smallest absolute Gasteiger partial charge is 0.0693 e. The van der Waals surface area contributed by atoms with Gasteiger partial charge >= 0.3 is 0 Å². The first kappa shape index (κ1) is 14.5. The van der Waals surface area contributed by atoms with Crippen molar-refractivity contribution >= 4 is 0 Å². The molecule has 1 atom stereocenters. The highest BCUT2D eigenvalue weighted by atomic mass is 16.5. The average Bonchev–Trinajstić information content (AvgIpc) is 2.76. The lowest BCUT2D eigenvalue weighted by atomic mass is 9.75. The lowest BCUT2D eigenvalue weighted by Gasteiger charge is -2.43. The van der Waals surface area contributed by atoms with E-state index in [1.807, 2.05) is 25.0 Å². The quantitative estimate of drug-likeness (QED) is 0.784. The predicted octanol–water partition coefficient (Wildman–Crippen LogP) is 2.29. The second kappa shape index (κ2) is 6.53. The molecule has 108 valence electrons. The Bertz CT molecular complexity index is 379. The molecule has 1 fully saturated rings. The molecule has 0 radical (unpaired) electrons. The van der Waals surface area contributed by atoms with Crippen molar-refractivity contribution in [3.05, 3.63) is 18.0 Å². The van der Waals surface area contributed by atoms with Gasteiger partial charge in [0.05, 0.1) is 5.60 Å². The van der Waals surface area contributed by atoms with Crippen molar-refractivity contribution in [1.29, 1.82) is 0 Å². The van der Waals surface area contributed by atoms with Crippen LogP contribution in [0.5, 0.6) is 0 Å². The molecule has 0 aliphatic heterocycles. The summed E-state index contributed by atoms with van der Waals surface area (Å²) in [6, 6.07) is 2.65. The molecular weight excluding hydrogens is 238 g/mol. The van der Waals surface area contributed by atoms with E-state index in [1.54, 1.807) is 0 Å². The van der Waals surface area contributed by atoms with E-state index < -0.39 is 0 Å². The summed E-state index contributed by atoms with van der Waals surface area (Å²) < 4.78 is 7.72. The van der Waals surface area contributed by atoms with Crippen molar-refractivity contribution < 1.29 is 4.74 Å². The molecule has 4 nitrogen and oxygen atoms in total.